The van der Waals surface area contributed by atoms with Gasteiger partial charge in [-0.25, -0.2) is 12.4 Å². The number of thioether (sulfide) groups is 1. The molecular formula is C21H24N2O3S2. The van der Waals surface area contributed by atoms with E-state index >= 15 is 0 Å². The molecule has 0 saturated carbocycles. The topological polar surface area (TPSA) is 68.2 Å². The molecule has 0 atom stereocenters. The third-order valence-electron chi connectivity index (χ3n) is 4.34. The molecule has 0 spiro atoms. The molecule has 1 N–H and O–H groups in total. The summed E-state index contributed by atoms with van der Waals surface area (Å²) in [5, 5.41) is 3.79. The number of fused-ring (bicyclic) bond motifs is 1. The van der Waals surface area contributed by atoms with Crippen molar-refractivity contribution < 1.29 is 13.2 Å². The number of nitrogens with one attached hydrogen (secondary N) is 1. The van der Waals surface area contributed by atoms with Gasteiger partial charge in [-0.15, -0.1) is 11.8 Å². The molecule has 5 nitrogen and oxygen atoms in total. The van der Waals surface area contributed by atoms with Gasteiger partial charge in [0.2, 0.25) is 5.91 Å². The highest BCUT2D eigenvalue weighted by atomic mass is 32.2. The zero-order valence-electron chi connectivity index (χ0n) is 16.0. The second-order valence-electron chi connectivity index (χ2n) is 6.80. The van der Waals surface area contributed by atoms with Gasteiger partial charge in [-0.1, -0.05) is 38.1 Å². The summed E-state index contributed by atoms with van der Waals surface area (Å²) in [6.07, 6.45) is 2.45. The average molecular weight is 417 g/mol. The maximum Gasteiger partial charge on any atom is 0.268 e. The molecule has 28 heavy (non-hydrogen) atoms. The largest absolute Gasteiger partial charge is 0.356 e. The fourth-order valence-corrected chi connectivity index (χ4v) is 5.02. The fourth-order valence-electron chi connectivity index (χ4n) is 2.77. The van der Waals surface area contributed by atoms with E-state index in [0.29, 0.717) is 12.1 Å². The van der Waals surface area contributed by atoms with Gasteiger partial charge in [0.25, 0.3) is 10.0 Å². The lowest BCUT2D eigenvalue weighted by atomic mass is 10.2. The molecule has 0 aliphatic heterocycles. The van der Waals surface area contributed by atoms with Crippen molar-refractivity contribution in [3.8, 4) is 0 Å². The molecule has 0 fully saturated rings. The van der Waals surface area contributed by atoms with Crippen molar-refractivity contribution in [2.24, 2.45) is 5.92 Å². The Balaban J connectivity index is 1.72. The number of amides is 1. The van der Waals surface area contributed by atoms with Gasteiger partial charge in [-0.3, -0.25) is 4.79 Å². The monoisotopic (exact) mass is 416 g/mol. The van der Waals surface area contributed by atoms with Crippen molar-refractivity contribution in [3.63, 3.8) is 0 Å². The first-order valence-corrected chi connectivity index (χ1v) is 11.6. The van der Waals surface area contributed by atoms with Gasteiger partial charge < -0.3 is 5.32 Å². The van der Waals surface area contributed by atoms with Crippen molar-refractivity contribution in [1.29, 1.82) is 0 Å². The van der Waals surface area contributed by atoms with Crippen molar-refractivity contribution >= 4 is 38.6 Å². The minimum atomic E-state index is -3.63. The molecule has 0 bridgehead atoms. The predicted octanol–water partition coefficient (Wildman–Crippen LogP) is 4.13. The van der Waals surface area contributed by atoms with Crippen LogP contribution in [-0.2, 0) is 14.8 Å². The van der Waals surface area contributed by atoms with Crippen LogP contribution in [0, 0.1) is 5.92 Å². The van der Waals surface area contributed by atoms with Gasteiger partial charge in [0.15, 0.2) is 0 Å². The summed E-state index contributed by atoms with van der Waals surface area (Å²) in [7, 11) is -3.63. The van der Waals surface area contributed by atoms with Gasteiger partial charge in [-0.2, -0.15) is 0 Å². The molecular weight excluding hydrogens is 392 g/mol. The highest BCUT2D eigenvalue weighted by Gasteiger charge is 2.18. The Kier molecular flexibility index (Phi) is 6.46. The van der Waals surface area contributed by atoms with E-state index < -0.39 is 10.0 Å². The predicted molar refractivity (Wildman–Crippen MR) is 114 cm³/mol. The molecule has 1 amide bonds. The van der Waals surface area contributed by atoms with E-state index in [-0.39, 0.29) is 16.7 Å². The quantitative estimate of drug-likeness (QED) is 0.443. The Morgan fingerprint density at radius 2 is 1.86 bits per heavy atom. The Morgan fingerprint density at radius 3 is 2.57 bits per heavy atom. The molecule has 2 aromatic carbocycles. The molecule has 7 heteroatoms. The third kappa shape index (κ3) is 4.59. The number of nitrogens with zero attached hydrogens (tertiary/aromatic N) is 1. The van der Waals surface area contributed by atoms with E-state index in [1.165, 1.54) is 3.97 Å². The van der Waals surface area contributed by atoms with Crippen LogP contribution in [0.5, 0.6) is 0 Å². The summed E-state index contributed by atoms with van der Waals surface area (Å²) < 4.78 is 27.2. The first-order valence-electron chi connectivity index (χ1n) is 9.22. The van der Waals surface area contributed by atoms with E-state index in [1.807, 2.05) is 38.1 Å². The Hall–Kier alpha value is -2.25. The fraction of sp³-hybridized carbons (Fsp3) is 0.286. The molecule has 148 valence electrons. The van der Waals surface area contributed by atoms with Gasteiger partial charge in [0, 0.05) is 28.9 Å². The third-order valence-corrected chi connectivity index (χ3v) is 7.13. The zero-order valence-corrected chi connectivity index (χ0v) is 17.6. The van der Waals surface area contributed by atoms with Crippen LogP contribution in [0.2, 0.25) is 0 Å². The summed E-state index contributed by atoms with van der Waals surface area (Å²) in [5.74, 6) is 0.903. The van der Waals surface area contributed by atoms with Crippen LogP contribution >= 0.6 is 11.8 Å². The minimum Gasteiger partial charge on any atom is -0.356 e. The lowest BCUT2D eigenvalue weighted by Gasteiger charge is -2.09. The van der Waals surface area contributed by atoms with Crippen LogP contribution in [-0.4, -0.2) is 30.6 Å². The number of aromatic nitrogens is 1. The van der Waals surface area contributed by atoms with Crippen molar-refractivity contribution in [3.05, 3.63) is 60.8 Å². The molecule has 0 radical (unpaired) electrons. The molecule has 0 unspecified atom stereocenters. The molecule has 0 aliphatic rings. The minimum absolute atomic E-state index is 0.00518. The van der Waals surface area contributed by atoms with E-state index in [9.17, 15) is 13.2 Å². The second kappa shape index (κ2) is 8.84. The lowest BCUT2D eigenvalue weighted by Crippen LogP contribution is -2.28. The summed E-state index contributed by atoms with van der Waals surface area (Å²) >= 11 is 1.65. The molecule has 1 aromatic heterocycles. The van der Waals surface area contributed by atoms with Crippen LogP contribution in [0.4, 0.5) is 0 Å². The van der Waals surface area contributed by atoms with Crippen LogP contribution in [0.3, 0.4) is 0 Å². The van der Waals surface area contributed by atoms with E-state index in [4.69, 9.17) is 0 Å². The van der Waals surface area contributed by atoms with Gasteiger partial charge in [0.1, 0.15) is 0 Å². The van der Waals surface area contributed by atoms with Crippen LogP contribution in [0.25, 0.3) is 10.9 Å². The van der Waals surface area contributed by atoms with E-state index in [2.05, 4.69) is 5.32 Å². The Labute approximate surface area is 170 Å². The summed E-state index contributed by atoms with van der Waals surface area (Å²) in [4.78, 5) is 12.8. The number of carbonyl (C=O) groups is 1. The molecule has 3 rings (SSSR count). The number of carbonyl (C=O) groups excluding carboxylic acids is 1. The van der Waals surface area contributed by atoms with E-state index in [0.717, 1.165) is 22.5 Å². The molecule has 0 aliphatic carbocycles. The SMILES string of the molecule is CC(C)C(=O)NCCCSc1ccc2ccn(S(=O)(=O)c3ccccc3)c2c1. The van der Waals surface area contributed by atoms with Crippen molar-refractivity contribution in [1.82, 2.24) is 9.29 Å². The normalized spacial score (nSPS) is 11.8. The smallest absolute Gasteiger partial charge is 0.268 e. The lowest BCUT2D eigenvalue weighted by molar-refractivity contribution is -0.123. The molecule has 1 heterocycles. The Bertz CT molecular complexity index is 1060. The number of hydrogen-bond donors (Lipinski definition) is 1. The van der Waals surface area contributed by atoms with Gasteiger partial charge in [0.05, 0.1) is 10.4 Å². The summed E-state index contributed by atoms with van der Waals surface area (Å²) in [6.45, 7) is 4.39. The van der Waals surface area contributed by atoms with Crippen LogP contribution in [0.1, 0.15) is 20.3 Å². The highest BCUT2D eigenvalue weighted by molar-refractivity contribution is 7.99. The van der Waals surface area contributed by atoms with Crippen LogP contribution < -0.4 is 5.32 Å². The van der Waals surface area contributed by atoms with Gasteiger partial charge >= 0.3 is 0 Å². The highest BCUT2D eigenvalue weighted by Crippen LogP contribution is 2.27. The first-order chi connectivity index (χ1) is 13.4. The summed E-state index contributed by atoms with van der Waals surface area (Å²) in [6, 6.07) is 16.1. The van der Waals surface area contributed by atoms with E-state index in [1.54, 1.807) is 48.3 Å². The number of benzene rings is 2. The van der Waals surface area contributed by atoms with Crippen molar-refractivity contribution in [2.75, 3.05) is 12.3 Å². The first kappa shape index (κ1) is 20.5. The van der Waals surface area contributed by atoms with Gasteiger partial charge in [-0.05, 0) is 42.5 Å². The second-order valence-corrected chi connectivity index (χ2v) is 9.78. The number of rotatable bonds is 8. The average Bonchev–Trinajstić information content (AvgIpc) is 3.12. The standard InChI is InChI=1S/C21H24N2O3S2/c1-16(2)21(24)22-12-6-14-27-18-10-9-17-11-13-23(20(17)15-18)28(25,26)19-7-4-3-5-8-19/h3-5,7-11,13,15-16H,6,12,14H2,1-2H3,(H,22,24). The summed E-state index contributed by atoms with van der Waals surface area (Å²) in [5.41, 5.74) is 0.668. The maximum atomic E-state index is 13.0. The molecule has 3 aromatic rings. The maximum absolute atomic E-state index is 13.0. The number of hydrogen-bond acceptors (Lipinski definition) is 4. The zero-order chi connectivity index (χ0) is 20.1. The molecule has 0 saturated heterocycles. The Morgan fingerprint density at radius 1 is 1.11 bits per heavy atom. The van der Waals surface area contributed by atoms with Crippen molar-refractivity contribution in [2.45, 2.75) is 30.1 Å². The van der Waals surface area contributed by atoms with Crippen LogP contribution in [0.15, 0.2) is 70.6 Å².